The van der Waals surface area contributed by atoms with E-state index in [9.17, 15) is 0 Å². The van der Waals surface area contributed by atoms with Crippen LogP contribution in [0.2, 0.25) is 106 Å². The van der Waals surface area contributed by atoms with Crippen LogP contribution in [0.1, 0.15) is 377 Å². The SMILES string of the molecule is CC[Si](CC)(CC)OC(CCC1C[C@@H]2[C@H](C1)C2(C)C)c1c(C)cncc1Cl.CC[Si](CC)(CC)OC(CCC1C[C@@H]2[C@H](C1)C2(C)C)c1ccccc1C.CC[Si](CC)(CC)OC(CCC1C[C@@H]2[C@H](C1)C2(C)C)c1ccccc1C.CC[Si](CC)(CC)OC(CCC1C[C@@H]2[C@H](C1)C2(C)C)c1ccccc1Cl.CC[Si](CC)(CC)OC(CCC1C[C@@H]2[C@H](C1)C2(C)C)c1ncccc1Cl. The van der Waals surface area contributed by atoms with E-state index in [-0.39, 0.29) is 18.3 Å². The molecule has 5 aromatic rings. The minimum atomic E-state index is -1.69. The van der Waals surface area contributed by atoms with Crippen molar-refractivity contribution in [3.63, 3.8) is 0 Å². The summed E-state index contributed by atoms with van der Waals surface area (Å²) in [5, 5.41) is 2.42. The fraction of sp³-hybridized carbons (Fsp3) is 0.759. The highest BCUT2D eigenvalue weighted by Crippen LogP contribution is 2.73. The third-order valence-electron chi connectivity index (χ3n) is 40.0. The van der Waals surface area contributed by atoms with Crippen LogP contribution in [0.3, 0.4) is 0 Å². The van der Waals surface area contributed by atoms with Crippen LogP contribution in [0.4, 0.5) is 0 Å². The van der Waals surface area contributed by atoms with Gasteiger partial charge in [0.15, 0.2) is 41.6 Å². The normalized spacial score (nSPS) is 27.9. The monoisotopic (exact) mass is 1940 g/mol. The standard InChI is InChI=1S/2C24H40OSi.C23H38ClNOSi.C23H37ClOSi.C22H36ClNOSi/c2*1-7-26(8-2,9-3)25-23(20-13-11-10-12-18(20)4)15-14-19-16-21-22(17-19)24(21,5)6;1-7-27(8-2,9-3)26-21(22-16(4)14-25-15-20(22)24)11-10-17-12-18-19(13-17)23(18,5)6;1-6-26(7-2,8-3)25-22(18-11-9-10-12-21(18)24)14-13-17-15-19-20(16-17)23(19,4)5;1-6-26(7-2,8-3)25-20(21-19(23)10-9-13-24-21)12-11-16-14-17-18(15-16)22(17,4)5/h2*10-13,19,21-23H,7-9,14-17H2,1-6H3;14-15,17-19,21H,7-13H2,1-6H3;9-12,17,19-20,22H,6-8,13-16H2,1-5H3;9-10,13,16-18,20H,6-8,11-12,14-15H2,1-5H3/t2*19?,21-,22+,23?;17?,18-,19+,21?;17?,19-,20+,22?;16?,17-,18+,20?. The first kappa shape index (κ1) is 109. The number of pyridine rings is 2. The minimum absolute atomic E-state index is 0.0696. The van der Waals surface area contributed by atoms with Crippen molar-refractivity contribution in [2.24, 2.45) is 116 Å². The Bertz CT molecular complexity index is 3800. The molecule has 0 N–H and O–H groups in total. The van der Waals surface area contributed by atoms with Gasteiger partial charge in [0.25, 0.3) is 0 Å². The van der Waals surface area contributed by atoms with E-state index < -0.39 is 41.6 Å². The second-order valence-corrected chi connectivity index (χ2v) is 72.3. The molecule has 0 spiro atoms. The maximum atomic E-state index is 7.03. The quantitative estimate of drug-likeness (QED) is 0.0360. The van der Waals surface area contributed by atoms with Gasteiger partial charge in [-0.25, -0.2) is 0 Å². The van der Waals surface area contributed by atoms with E-state index in [1.807, 2.05) is 36.7 Å². The molecule has 7 nitrogen and oxygen atoms in total. The van der Waals surface area contributed by atoms with Crippen LogP contribution in [-0.2, 0) is 22.1 Å². The number of hydrogen-bond acceptors (Lipinski definition) is 7. The molecular formula is C116H191Cl3N2O5Si5. The van der Waals surface area contributed by atoms with Gasteiger partial charge in [-0.15, -0.1) is 0 Å². The van der Waals surface area contributed by atoms with Crippen LogP contribution in [0.15, 0.2) is 104 Å². The summed E-state index contributed by atoms with van der Waals surface area (Å²) in [5.74, 6) is 14.4. The molecule has 0 amide bonds. The summed E-state index contributed by atoms with van der Waals surface area (Å²) in [6.45, 7) is 66.1. The predicted octanol–water partition coefficient (Wildman–Crippen LogP) is 37.7. The van der Waals surface area contributed by atoms with Crippen LogP contribution in [-0.4, -0.2) is 51.6 Å². The van der Waals surface area contributed by atoms with Crippen molar-refractivity contribution in [3.8, 4) is 0 Å². The Morgan fingerprint density at radius 1 is 0.282 bits per heavy atom. The summed E-state index contributed by atoms with van der Waals surface area (Å²) in [6.07, 6.45) is 33.3. The Kier molecular flexibility index (Phi) is 38.8. The van der Waals surface area contributed by atoms with Gasteiger partial charge in [0, 0.05) is 29.2 Å². The van der Waals surface area contributed by atoms with Gasteiger partial charge >= 0.3 is 0 Å². The lowest BCUT2D eigenvalue weighted by Gasteiger charge is -2.35. The van der Waals surface area contributed by atoms with Gasteiger partial charge in [0.1, 0.15) is 0 Å². The molecule has 10 saturated carbocycles. The summed E-state index contributed by atoms with van der Waals surface area (Å²) in [4.78, 5) is 8.90. The molecule has 20 atom stereocenters. The summed E-state index contributed by atoms with van der Waals surface area (Å²) in [6, 6.07) is 48.1. The van der Waals surface area contributed by atoms with Gasteiger partial charge in [-0.3, -0.25) is 9.97 Å². The number of benzene rings is 3. The van der Waals surface area contributed by atoms with Gasteiger partial charge in [-0.2, -0.15) is 0 Å². The second kappa shape index (κ2) is 46.6. The molecule has 10 unspecified atom stereocenters. The number of rotatable bonds is 45. The average Bonchev–Trinajstić information content (AvgIpc) is 1.58. The van der Waals surface area contributed by atoms with Crippen LogP contribution >= 0.6 is 34.8 Å². The molecule has 10 aliphatic rings. The topological polar surface area (TPSA) is 71.9 Å². The Balaban J connectivity index is 0.000000158. The van der Waals surface area contributed by atoms with Gasteiger partial charge < -0.3 is 22.1 Å². The summed E-state index contributed by atoms with van der Waals surface area (Å²) in [5.41, 5.74) is 13.4. The summed E-state index contributed by atoms with van der Waals surface area (Å²) < 4.78 is 34.9. The molecule has 131 heavy (non-hydrogen) atoms. The van der Waals surface area contributed by atoms with Gasteiger partial charge in [0.2, 0.25) is 0 Å². The molecule has 15 heteroatoms. The molecule has 0 aliphatic heterocycles. The Hall–Kier alpha value is -2.29. The molecule has 2 heterocycles. The van der Waals surface area contributed by atoms with E-state index in [0.29, 0.717) is 39.3 Å². The molecule has 10 aliphatic carbocycles. The number of aromatic nitrogens is 2. The summed E-state index contributed by atoms with van der Waals surface area (Å²) in [7, 11) is -8.21. The third-order valence-corrected chi connectivity index (χ3v) is 64.2. The Morgan fingerprint density at radius 2 is 0.519 bits per heavy atom. The van der Waals surface area contributed by atoms with Crippen molar-refractivity contribution in [3.05, 3.63) is 163 Å². The van der Waals surface area contributed by atoms with Crippen molar-refractivity contribution in [2.45, 2.75) is 443 Å². The van der Waals surface area contributed by atoms with Crippen LogP contribution < -0.4 is 0 Å². The molecule has 10 fully saturated rings. The van der Waals surface area contributed by atoms with Crippen molar-refractivity contribution in [1.29, 1.82) is 0 Å². The first-order chi connectivity index (χ1) is 62.2. The highest BCUT2D eigenvalue weighted by atomic mass is 35.5. The molecule has 736 valence electrons. The zero-order valence-corrected chi connectivity index (χ0v) is 95.9. The van der Waals surface area contributed by atoms with Crippen molar-refractivity contribution < 1.29 is 22.1 Å². The van der Waals surface area contributed by atoms with E-state index in [0.717, 1.165) is 129 Å². The molecule has 2 aromatic heterocycles. The number of halogens is 3. The highest BCUT2D eigenvalue weighted by molar-refractivity contribution is 6.75. The third kappa shape index (κ3) is 25.6. The van der Waals surface area contributed by atoms with E-state index >= 15 is 0 Å². The van der Waals surface area contributed by atoms with E-state index in [2.05, 4.69) is 264 Å². The highest BCUT2D eigenvalue weighted by Gasteiger charge is 2.65. The fourth-order valence-corrected chi connectivity index (χ4v) is 43.3. The number of nitrogens with zero attached hydrogens (tertiary/aromatic N) is 2. The molecular weight excluding hydrogens is 1750 g/mol. The Labute approximate surface area is 824 Å². The largest absolute Gasteiger partial charge is 0.410 e. The first-order valence-corrected chi connectivity index (χ1v) is 68.5. The fourth-order valence-electron chi connectivity index (χ4n) is 28.2. The maximum absolute atomic E-state index is 7.03. The molecule has 0 saturated heterocycles. The van der Waals surface area contributed by atoms with E-state index in [4.69, 9.17) is 56.9 Å². The Morgan fingerprint density at radius 3 is 0.786 bits per heavy atom. The van der Waals surface area contributed by atoms with Crippen molar-refractivity contribution in [2.75, 3.05) is 0 Å². The van der Waals surface area contributed by atoms with Crippen molar-refractivity contribution >= 4 is 76.4 Å². The molecule has 0 radical (unpaired) electrons. The zero-order valence-electron chi connectivity index (χ0n) is 88.7. The average molecular weight is 1940 g/mol. The number of fused-ring (bicyclic) bond motifs is 5. The minimum Gasteiger partial charge on any atom is -0.410 e. The molecule has 0 bridgehead atoms. The number of hydrogen-bond donors (Lipinski definition) is 0. The lowest BCUT2D eigenvalue weighted by atomic mass is 9.88. The van der Waals surface area contributed by atoms with Crippen molar-refractivity contribution in [1.82, 2.24) is 9.97 Å². The lowest BCUT2D eigenvalue weighted by Crippen LogP contribution is -2.37. The van der Waals surface area contributed by atoms with Gasteiger partial charge in [-0.1, -0.05) is 275 Å². The van der Waals surface area contributed by atoms with E-state index in [1.165, 1.54) is 239 Å². The van der Waals surface area contributed by atoms with Gasteiger partial charge in [-0.05, 0) is 407 Å². The van der Waals surface area contributed by atoms with E-state index in [1.54, 1.807) is 6.20 Å². The van der Waals surface area contributed by atoms with Crippen LogP contribution in [0.25, 0.3) is 0 Å². The molecule has 15 rings (SSSR count). The summed E-state index contributed by atoms with van der Waals surface area (Å²) >= 11 is 19.7. The first-order valence-electron chi connectivity index (χ1n) is 54.7. The molecule has 3 aromatic carbocycles. The predicted molar refractivity (Wildman–Crippen MR) is 576 cm³/mol. The number of aryl methyl sites for hydroxylation is 3. The maximum Gasteiger partial charge on any atom is 0.192 e. The smallest absolute Gasteiger partial charge is 0.192 e. The lowest BCUT2D eigenvalue weighted by molar-refractivity contribution is 0.161. The zero-order chi connectivity index (χ0) is 95.6. The second-order valence-electron chi connectivity index (χ2n) is 47.5. The van der Waals surface area contributed by atoms with Crippen LogP contribution in [0.5, 0.6) is 0 Å². The van der Waals surface area contributed by atoms with Crippen LogP contribution in [0, 0.1) is 137 Å². The van der Waals surface area contributed by atoms with Gasteiger partial charge in [0.05, 0.1) is 46.3 Å².